The third kappa shape index (κ3) is 3.48. The molecule has 1 unspecified atom stereocenters. The Labute approximate surface area is 131 Å². The van der Waals surface area contributed by atoms with Gasteiger partial charge in [-0.3, -0.25) is 0 Å². The molecule has 22 heavy (non-hydrogen) atoms. The van der Waals surface area contributed by atoms with Crippen LogP contribution in [0.5, 0.6) is 0 Å². The van der Waals surface area contributed by atoms with Crippen LogP contribution in [0, 0.1) is 29.4 Å². The van der Waals surface area contributed by atoms with Crippen molar-refractivity contribution in [3.05, 3.63) is 54.1 Å². The Morgan fingerprint density at radius 3 is 2.14 bits per heavy atom. The second kappa shape index (κ2) is 6.76. The summed E-state index contributed by atoms with van der Waals surface area (Å²) in [6.07, 6.45) is 12.6. The molecule has 1 saturated carbocycles. The molecule has 0 heterocycles. The largest absolute Gasteiger partial charge is 0.207 e. The lowest BCUT2D eigenvalue weighted by molar-refractivity contribution is 0.212. The number of allylic oxidation sites excluding steroid dienone is 3. The van der Waals surface area contributed by atoms with Gasteiger partial charge in [0.05, 0.1) is 0 Å². The number of hydrogen-bond donors (Lipinski definition) is 0. The van der Waals surface area contributed by atoms with Gasteiger partial charge in [0.1, 0.15) is 11.6 Å². The Bertz CT molecular complexity index is 545. The van der Waals surface area contributed by atoms with E-state index in [1.807, 2.05) is 0 Å². The van der Waals surface area contributed by atoms with Crippen LogP contribution in [-0.2, 0) is 0 Å². The van der Waals surface area contributed by atoms with E-state index in [-0.39, 0.29) is 0 Å². The van der Waals surface area contributed by atoms with Gasteiger partial charge in [-0.1, -0.05) is 12.2 Å². The van der Waals surface area contributed by atoms with Crippen LogP contribution in [0.3, 0.4) is 0 Å². The van der Waals surface area contributed by atoms with Crippen molar-refractivity contribution < 1.29 is 8.78 Å². The van der Waals surface area contributed by atoms with Crippen LogP contribution in [0.15, 0.2) is 36.9 Å². The summed E-state index contributed by atoms with van der Waals surface area (Å²) in [7, 11) is 0. The zero-order valence-corrected chi connectivity index (χ0v) is 13.0. The fraction of sp³-hybridized carbons (Fsp3) is 0.500. The topological polar surface area (TPSA) is 0 Å². The maximum Gasteiger partial charge on any atom is 0.126 e. The first-order valence-corrected chi connectivity index (χ1v) is 8.43. The predicted molar refractivity (Wildman–Crippen MR) is 87.3 cm³/mol. The molecule has 0 N–H and O–H groups in total. The molecular weight excluding hydrogens is 278 g/mol. The van der Waals surface area contributed by atoms with E-state index in [0.29, 0.717) is 11.5 Å². The van der Waals surface area contributed by atoms with E-state index in [4.69, 9.17) is 0 Å². The quantitative estimate of drug-likeness (QED) is 0.588. The SMILES string of the molecule is C=CC1CCC(C2CC=C(c3cc(F)cc(F)c3)CC2)CC1. The molecule has 1 aromatic carbocycles. The smallest absolute Gasteiger partial charge is 0.126 e. The molecule has 0 amide bonds. The molecule has 0 radical (unpaired) electrons. The van der Waals surface area contributed by atoms with Crippen LogP contribution in [0.4, 0.5) is 8.78 Å². The van der Waals surface area contributed by atoms with E-state index < -0.39 is 11.6 Å². The second-order valence-corrected chi connectivity index (χ2v) is 6.83. The third-order valence-corrected chi connectivity index (χ3v) is 5.50. The molecule has 2 aliphatic rings. The molecule has 1 atom stereocenters. The van der Waals surface area contributed by atoms with Crippen molar-refractivity contribution in [3.63, 3.8) is 0 Å². The first-order valence-electron chi connectivity index (χ1n) is 8.43. The van der Waals surface area contributed by atoms with E-state index in [2.05, 4.69) is 18.7 Å². The maximum absolute atomic E-state index is 13.3. The van der Waals surface area contributed by atoms with Crippen LogP contribution >= 0.6 is 0 Å². The van der Waals surface area contributed by atoms with E-state index in [1.165, 1.54) is 37.8 Å². The summed E-state index contributed by atoms with van der Waals surface area (Å²) in [4.78, 5) is 0. The van der Waals surface area contributed by atoms with Gasteiger partial charge in [-0.25, -0.2) is 8.78 Å². The molecule has 0 aliphatic heterocycles. The van der Waals surface area contributed by atoms with Crippen LogP contribution in [-0.4, -0.2) is 0 Å². The number of halogens is 2. The Kier molecular flexibility index (Phi) is 4.75. The zero-order valence-electron chi connectivity index (χ0n) is 13.0. The van der Waals surface area contributed by atoms with E-state index >= 15 is 0 Å². The summed E-state index contributed by atoms with van der Waals surface area (Å²) in [5, 5.41) is 0. The first-order chi connectivity index (χ1) is 10.7. The normalized spacial score (nSPS) is 29.0. The molecule has 3 rings (SSSR count). The van der Waals surface area contributed by atoms with Crippen LogP contribution in [0.2, 0.25) is 0 Å². The lowest BCUT2D eigenvalue weighted by atomic mass is 9.71. The summed E-state index contributed by atoms with van der Waals surface area (Å²) in [5.74, 6) is 1.30. The molecule has 0 bridgehead atoms. The molecule has 1 fully saturated rings. The van der Waals surface area contributed by atoms with Gasteiger partial charge in [0.15, 0.2) is 0 Å². The molecular formula is C20H24F2. The van der Waals surface area contributed by atoms with Crippen molar-refractivity contribution in [2.24, 2.45) is 17.8 Å². The Hall–Kier alpha value is -1.44. The molecule has 1 aromatic rings. The summed E-state index contributed by atoms with van der Waals surface area (Å²) < 4.78 is 26.7. The van der Waals surface area contributed by atoms with Gasteiger partial charge in [0.25, 0.3) is 0 Å². The van der Waals surface area contributed by atoms with E-state index in [9.17, 15) is 8.78 Å². The second-order valence-electron chi connectivity index (χ2n) is 6.83. The lowest BCUT2D eigenvalue weighted by Gasteiger charge is -2.34. The Morgan fingerprint density at radius 2 is 1.59 bits per heavy atom. The maximum atomic E-state index is 13.3. The molecule has 2 aliphatic carbocycles. The highest BCUT2D eigenvalue weighted by Gasteiger charge is 2.28. The van der Waals surface area contributed by atoms with Crippen molar-refractivity contribution in [3.8, 4) is 0 Å². The van der Waals surface area contributed by atoms with Crippen LogP contribution in [0.1, 0.15) is 50.5 Å². The fourth-order valence-electron chi connectivity index (χ4n) is 4.14. The van der Waals surface area contributed by atoms with Gasteiger partial charge in [-0.05, 0) is 86.0 Å². The molecule has 0 nitrogen and oxygen atoms in total. The minimum absolute atomic E-state index is 0.485. The number of benzene rings is 1. The van der Waals surface area contributed by atoms with Crippen molar-refractivity contribution >= 4 is 5.57 Å². The molecule has 0 spiro atoms. The van der Waals surface area contributed by atoms with Crippen molar-refractivity contribution in [2.45, 2.75) is 44.9 Å². The van der Waals surface area contributed by atoms with Gasteiger partial charge in [-0.15, -0.1) is 6.58 Å². The highest BCUT2D eigenvalue weighted by Crippen LogP contribution is 2.41. The molecule has 2 heteroatoms. The van der Waals surface area contributed by atoms with E-state index in [0.717, 1.165) is 42.7 Å². The van der Waals surface area contributed by atoms with E-state index in [1.54, 1.807) is 0 Å². The van der Waals surface area contributed by atoms with Gasteiger partial charge < -0.3 is 0 Å². The van der Waals surface area contributed by atoms with Gasteiger partial charge in [0.2, 0.25) is 0 Å². The van der Waals surface area contributed by atoms with Crippen molar-refractivity contribution in [1.82, 2.24) is 0 Å². The average Bonchev–Trinajstić information content (AvgIpc) is 2.54. The van der Waals surface area contributed by atoms with Gasteiger partial charge >= 0.3 is 0 Å². The summed E-state index contributed by atoms with van der Waals surface area (Å²) in [6, 6.07) is 3.84. The van der Waals surface area contributed by atoms with Crippen molar-refractivity contribution in [2.75, 3.05) is 0 Å². The first kappa shape index (κ1) is 15.5. The Balaban J connectivity index is 1.63. The van der Waals surface area contributed by atoms with Crippen molar-refractivity contribution in [1.29, 1.82) is 0 Å². The summed E-state index contributed by atoms with van der Waals surface area (Å²) in [5.41, 5.74) is 1.82. The highest BCUT2D eigenvalue weighted by atomic mass is 19.1. The Morgan fingerprint density at radius 1 is 0.909 bits per heavy atom. The van der Waals surface area contributed by atoms with Crippen LogP contribution in [0.25, 0.3) is 5.57 Å². The molecule has 118 valence electrons. The number of hydrogen-bond acceptors (Lipinski definition) is 0. The third-order valence-electron chi connectivity index (χ3n) is 5.50. The minimum atomic E-state index is -0.485. The number of rotatable bonds is 3. The average molecular weight is 302 g/mol. The monoisotopic (exact) mass is 302 g/mol. The van der Waals surface area contributed by atoms with Gasteiger partial charge in [-0.2, -0.15) is 0 Å². The highest BCUT2D eigenvalue weighted by molar-refractivity contribution is 5.66. The molecule has 0 aromatic heterocycles. The summed E-state index contributed by atoms with van der Waals surface area (Å²) in [6.45, 7) is 3.91. The van der Waals surface area contributed by atoms with Gasteiger partial charge in [0, 0.05) is 6.07 Å². The molecule has 0 saturated heterocycles. The standard InChI is InChI=1S/C20H24F2/c1-2-14-3-5-15(6-4-14)16-7-9-17(10-8-16)18-11-19(21)13-20(22)12-18/h2,9,11-16H,1,3-8,10H2. The minimum Gasteiger partial charge on any atom is -0.207 e. The van der Waals surface area contributed by atoms with Crippen LogP contribution < -0.4 is 0 Å². The predicted octanol–water partition coefficient (Wildman–Crippen LogP) is 6.14. The summed E-state index contributed by atoms with van der Waals surface area (Å²) >= 11 is 0. The lowest BCUT2D eigenvalue weighted by Crippen LogP contribution is -2.22. The zero-order chi connectivity index (χ0) is 15.5. The fourth-order valence-corrected chi connectivity index (χ4v) is 4.14.